The maximum absolute atomic E-state index is 12.3. The number of nitrogens with zero attached hydrogens (tertiary/aromatic N) is 2. The Morgan fingerprint density at radius 2 is 2.24 bits per heavy atom. The number of carbonyl (C=O) groups is 1. The third kappa shape index (κ3) is 2.71. The molecule has 1 amide bonds. The van der Waals surface area contributed by atoms with Gasteiger partial charge in [0.15, 0.2) is 0 Å². The van der Waals surface area contributed by atoms with Crippen molar-refractivity contribution in [2.75, 3.05) is 19.7 Å². The number of aromatic amines is 1. The van der Waals surface area contributed by atoms with Crippen LogP contribution in [-0.4, -0.2) is 57.3 Å². The van der Waals surface area contributed by atoms with E-state index < -0.39 is 11.7 Å². The molecule has 0 aromatic carbocycles. The van der Waals surface area contributed by atoms with E-state index in [-0.39, 0.29) is 17.2 Å². The van der Waals surface area contributed by atoms with Crippen molar-refractivity contribution in [1.29, 1.82) is 0 Å². The first kappa shape index (κ1) is 14.2. The number of aliphatic hydroxyl groups is 1. The van der Waals surface area contributed by atoms with Crippen LogP contribution in [0, 0.1) is 0 Å². The number of ether oxygens (including phenoxy) is 1. The van der Waals surface area contributed by atoms with Crippen molar-refractivity contribution in [3.05, 3.63) is 28.4 Å². The lowest BCUT2D eigenvalue weighted by Gasteiger charge is -2.46. The standard InChI is InChI=1S/C14H19N3O4/c18-11-2-1-7-21-14(11)3-5-17(6-4-14)13(20)10-8-16-12(19)9-15-10/h8-9,11,18H,1-7H2,(H,16,19)/t11-/m0/s1. The molecule has 3 heterocycles. The first-order valence-electron chi connectivity index (χ1n) is 7.27. The van der Waals surface area contributed by atoms with E-state index in [1.807, 2.05) is 0 Å². The van der Waals surface area contributed by atoms with Crippen LogP contribution >= 0.6 is 0 Å². The van der Waals surface area contributed by atoms with Crippen molar-refractivity contribution in [3.63, 3.8) is 0 Å². The van der Waals surface area contributed by atoms with Crippen molar-refractivity contribution in [1.82, 2.24) is 14.9 Å². The molecule has 114 valence electrons. The predicted octanol–water partition coefficient (Wildman–Crippen LogP) is -0.0840. The van der Waals surface area contributed by atoms with Crippen LogP contribution in [0.2, 0.25) is 0 Å². The number of carbonyl (C=O) groups excluding carboxylic acids is 1. The van der Waals surface area contributed by atoms with Gasteiger partial charge in [0.1, 0.15) is 5.69 Å². The Morgan fingerprint density at radius 3 is 2.86 bits per heavy atom. The summed E-state index contributed by atoms with van der Waals surface area (Å²) in [5.41, 5.74) is -0.591. The summed E-state index contributed by atoms with van der Waals surface area (Å²) in [5.74, 6) is -0.202. The zero-order valence-corrected chi connectivity index (χ0v) is 11.7. The lowest BCUT2D eigenvalue weighted by atomic mass is 9.82. The maximum Gasteiger partial charge on any atom is 0.273 e. The van der Waals surface area contributed by atoms with Crippen LogP contribution in [0.25, 0.3) is 0 Å². The molecule has 2 aliphatic heterocycles. The second kappa shape index (κ2) is 5.57. The number of aliphatic hydroxyl groups excluding tert-OH is 1. The van der Waals surface area contributed by atoms with Crippen LogP contribution in [0.4, 0.5) is 0 Å². The van der Waals surface area contributed by atoms with Crippen molar-refractivity contribution >= 4 is 5.91 Å². The van der Waals surface area contributed by atoms with Crippen LogP contribution in [-0.2, 0) is 4.74 Å². The number of likely N-dealkylation sites (tertiary alicyclic amines) is 1. The molecule has 2 fully saturated rings. The highest BCUT2D eigenvalue weighted by atomic mass is 16.5. The Kier molecular flexibility index (Phi) is 3.77. The molecule has 1 aromatic rings. The fraction of sp³-hybridized carbons (Fsp3) is 0.643. The Labute approximate surface area is 121 Å². The molecule has 0 aliphatic carbocycles. The summed E-state index contributed by atoms with van der Waals surface area (Å²) in [6.45, 7) is 1.72. The monoisotopic (exact) mass is 293 g/mol. The number of rotatable bonds is 1. The average Bonchev–Trinajstić information content (AvgIpc) is 2.51. The fourth-order valence-electron chi connectivity index (χ4n) is 3.10. The SMILES string of the molecule is O=C(c1c[nH]c(=O)cn1)N1CCC2(CC1)OCCC[C@@H]2O. The Hall–Kier alpha value is -1.73. The number of H-pyrrole nitrogens is 1. The topological polar surface area (TPSA) is 95.5 Å². The molecule has 2 saturated heterocycles. The van der Waals surface area contributed by atoms with Crippen LogP contribution in [0.5, 0.6) is 0 Å². The molecule has 3 rings (SSSR count). The van der Waals surface area contributed by atoms with E-state index in [1.165, 1.54) is 6.20 Å². The Balaban J connectivity index is 1.66. The normalized spacial score (nSPS) is 25.0. The molecule has 7 heteroatoms. The van der Waals surface area contributed by atoms with Gasteiger partial charge in [-0.05, 0) is 25.7 Å². The highest BCUT2D eigenvalue weighted by Gasteiger charge is 2.44. The molecule has 1 spiro atoms. The molecule has 0 unspecified atom stereocenters. The van der Waals surface area contributed by atoms with Gasteiger partial charge in [-0.3, -0.25) is 9.59 Å². The fourth-order valence-corrected chi connectivity index (χ4v) is 3.10. The van der Waals surface area contributed by atoms with E-state index in [0.29, 0.717) is 32.5 Å². The minimum Gasteiger partial charge on any atom is -0.390 e. The molecular formula is C14H19N3O4. The summed E-state index contributed by atoms with van der Waals surface area (Å²) in [4.78, 5) is 31.3. The summed E-state index contributed by atoms with van der Waals surface area (Å²) < 4.78 is 5.82. The average molecular weight is 293 g/mol. The lowest BCUT2D eigenvalue weighted by molar-refractivity contribution is -0.174. The molecule has 2 N–H and O–H groups in total. The molecule has 0 radical (unpaired) electrons. The van der Waals surface area contributed by atoms with Gasteiger partial charge in [0.2, 0.25) is 0 Å². The van der Waals surface area contributed by atoms with Gasteiger partial charge in [0, 0.05) is 25.9 Å². The van der Waals surface area contributed by atoms with Crippen molar-refractivity contribution in [2.24, 2.45) is 0 Å². The Morgan fingerprint density at radius 1 is 1.48 bits per heavy atom. The highest BCUT2D eigenvalue weighted by Crippen LogP contribution is 2.35. The van der Waals surface area contributed by atoms with E-state index in [2.05, 4.69) is 9.97 Å². The van der Waals surface area contributed by atoms with E-state index in [0.717, 1.165) is 19.0 Å². The van der Waals surface area contributed by atoms with Crippen molar-refractivity contribution < 1.29 is 14.6 Å². The molecule has 1 aromatic heterocycles. The smallest absolute Gasteiger partial charge is 0.273 e. The number of nitrogens with one attached hydrogen (secondary N) is 1. The number of hydrogen-bond acceptors (Lipinski definition) is 5. The minimum atomic E-state index is -0.493. The van der Waals surface area contributed by atoms with Crippen LogP contribution in [0.15, 0.2) is 17.2 Å². The number of amides is 1. The molecule has 0 bridgehead atoms. The summed E-state index contributed by atoms with van der Waals surface area (Å²) >= 11 is 0. The minimum absolute atomic E-state index is 0.202. The van der Waals surface area contributed by atoms with Crippen molar-refractivity contribution in [2.45, 2.75) is 37.4 Å². The molecule has 0 saturated carbocycles. The largest absolute Gasteiger partial charge is 0.390 e. The van der Waals surface area contributed by atoms with E-state index >= 15 is 0 Å². The lowest BCUT2D eigenvalue weighted by Crippen LogP contribution is -2.56. The second-order valence-corrected chi connectivity index (χ2v) is 5.66. The van der Waals surface area contributed by atoms with Gasteiger partial charge < -0.3 is 19.7 Å². The molecular weight excluding hydrogens is 274 g/mol. The summed E-state index contributed by atoms with van der Waals surface area (Å²) in [6, 6.07) is 0. The summed E-state index contributed by atoms with van der Waals surface area (Å²) in [6.07, 6.45) is 4.89. The van der Waals surface area contributed by atoms with Crippen molar-refractivity contribution in [3.8, 4) is 0 Å². The van der Waals surface area contributed by atoms with Gasteiger partial charge in [0.25, 0.3) is 11.5 Å². The van der Waals surface area contributed by atoms with Gasteiger partial charge in [-0.2, -0.15) is 0 Å². The second-order valence-electron chi connectivity index (χ2n) is 5.66. The van der Waals surface area contributed by atoms with Crippen LogP contribution in [0.3, 0.4) is 0 Å². The van der Waals surface area contributed by atoms with Crippen LogP contribution in [0.1, 0.15) is 36.2 Å². The highest BCUT2D eigenvalue weighted by molar-refractivity contribution is 5.92. The Bertz CT molecular complexity index is 557. The third-order valence-corrected chi connectivity index (χ3v) is 4.41. The van der Waals surface area contributed by atoms with Gasteiger partial charge in [-0.15, -0.1) is 0 Å². The molecule has 7 nitrogen and oxygen atoms in total. The molecule has 2 aliphatic rings. The number of piperidine rings is 1. The van der Waals surface area contributed by atoms with Gasteiger partial charge in [-0.25, -0.2) is 4.98 Å². The van der Waals surface area contributed by atoms with Gasteiger partial charge in [-0.1, -0.05) is 0 Å². The number of hydrogen-bond donors (Lipinski definition) is 2. The molecule has 1 atom stereocenters. The van der Waals surface area contributed by atoms with E-state index in [9.17, 15) is 14.7 Å². The van der Waals surface area contributed by atoms with Gasteiger partial charge >= 0.3 is 0 Å². The summed E-state index contributed by atoms with van der Waals surface area (Å²) in [5, 5.41) is 10.2. The zero-order chi connectivity index (χ0) is 14.9. The van der Waals surface area contributed by atoms with Gasteiger partial charge in [0.05, 0.1) is 17.9 Å². The first-order chi connectivity index (χ1) is 10.1. The first-order valence-corrected chi connectivity index (χ1v) is 7.27. The number of aromatic nitrogens is 2. The van der Waals surface area contributed by atoms with E-state index in [4.69, 9.17) is 4.74 Å². The quantitative estimate of drug-likeness (QED) is 0.755. The third-order valence-electron chi connectivity index (χ3n) is 4.41. The van der Waals surface area contributed by atoms with E-state index in [1.54, 1.807) is 4.90 Å². The zero-order valence-electron chi connectivity index (χ0n) is 11.7. The maximum atomic E-state index is 12.3. The summed E-state index contributed by atoms with van der Waals surface area (Å²) in [7, 11) is 0. The molecule has 21 heavy (non-hydrogen) atoms. The van der Waals surface area contributed by atoms with Crippen LogP contribution < -0.4 is 5.56 Å². The predicted molar refractivity (Wildman–Crippen MR) is 73.9 cm³/mol.